The molecule has 4 amide bonds. The number of unbranched alkanes of at least 4 members (excludes halogenated alkanes) is 2. The van der Waals surface area contributed by atoms with Crippen molar-refractivity contribution in [1.29, 1.82) is 0 Å². The Labute approximate surface area is 225 Å². The topological polar surface area (TPSA) is 105 Å². The molecule has 8 nitrogen and oxygen atoms in total. The highest BCUT2D eigenvalue weighted by Gasteiger charge is 2.34. The Hall–Kier alpha value is -4.11. The molecule has 0 radical (unpaired) electrons. The molecule has 0 saturated heterocycles. The lowest BCUT2D eigenvalue weighted by Gasteiger charge is -2.13. The van der Waals surface area contributed by atoms with E-state index in [0.29, 0.717) is 60.5 Å². The number of para-hydroxylation sites is 1. The molecular weight excluding hydrogens is 502 g/mol. The number of carbonyl (C=O) groups is 4. The average Bonchev–Trinajstić information content (AvgIpc) is 3.17. The maximum absolute atomic E-state index is 12.5. The zero-order valence-electron chi connectivity index (χ0n) is 21.1. The van der Waals surface area contributed by atoms with E-state index in [1.165, 1.54) is 16.7 Å². The first-order valence-electron chi connectivity index (χ1n) is 12.4. The van der Waals surface area contributed by atoms with Gasteiger partial charge in [0, 0.05) is 23.5 Å². The minimum atomic E-state index is -0.255. The molecule has 0 bridgehead atoms. The molecule has 9 heteroatoms. The van der Waals surface area contributed by atoms with E-state index in [-0.39, 0.29) is 29.4 Å². The first-order chi connectivity index (χ1) is 18.5. The number of carbonyl (C=O) groups excluding carboxylic acids is 4. The van der Waals surface area contributed by atoms with E-state index in [9.17, 15) is 19.2 Å². The van der Waals surface area contributed by atoms with Crippen LogP contribution in [-0.4, -0.2) is 47.9 Å². The third-order valence-corrected chi connectivity index (χ3v) is 7.13. The van der Waals surface area contributed by atoms with Crippen LogP contribution in [-0.2, 0) is 9.59 Å². The van der Waals surface area contributed by atoms with E-state index in [1.54, 1.807) is 55.6 Å². The lowest BCUT2D eigenvalue weighted by molar-refractivity contribution is -0.116. The normalized spacial score (nSPS) is 12.3. The summed E-state index contributed by atoms with van der Waals surface area (Å²) in [5, 5.41) is 5.78. The van der Waals surface area contributed by atoms with Crippen LogP contribution in [0.4, 0.5) is 11.4 Å². The third-order valence-electron chi connectivity index (χ3n) is 6.06. The summed E-state index contributed by atoms with van der Waals surface area (Å²) >= 11 is 1.34. The fraction of sp³-hybridized carbons (Fsp3) is 0.241. The fourth-order valence-corrected chi connectivity index (χ4v) is 4.91. The molecule has 0 fully saturated rings. The second-order valence-corrected chi connectivity index (χ2v) is 9.75. The highest BCUT2D eigenvalue weighted by atomic mass is 32.2. The number of hydrogen-bond acceptors (Lipinski definition) is 6. The Kier molecular flexibility index (Phi) is 9.16. The van der Waals surface area contributed by atoms with Crippen LogP contribution >= 0.6 is 11.8 Å². The summed E-state index contributed by atoms with van der Waals surface area (Å²) in [4.78, 5) is 51.9. The molecule has 0 atom stereocenters. The smallest absolute Gasteiger partial charge is 0.261 e. The molecule has 1 aliphatic heterocycles. The second kappa shape index (κ2) is 12.9. The molecule has 0 spiro atoms. The van der Waals surface area contributed by atoms with Crippen LogP contribution in [0, 0.1) is 0 Å². The standard InChI is InChI=1S/C29H29N3O5S/c1-37-21-16-14-20(15-17-21)30-27(34)19-38-25-12-7-6-11-24(25)31-26(33)13-3-2-8-18-32-28(35)22-9-4-5-10-23(22)29(32)36/h4-7,9-12,14-17H,2-3,8,13,18-19H2,1H3,(H,30,34)(H,31,33). The summed E-state index contributed by atoms with van der Waals surface area (Å²) in [5.41, 5.74) is 2.24. The summed E-state index contributed by atoms with van der Waals surface area (Å²) in [6.45, 7) is 0.339. The third kappa shape index (κ3) is 6.80. The van der Waals surface area contributed by atoms with Crippen molar-refractivity contribution in [3.05, 3.63) is 83.9 Å². The van der Waals surface area contributed by atoms with E-state index in [2.05, 4.69) is 10.6 Å². The molecule has 3 aromatic rings. The molecule has 0 aromatic heterocycles. The molecule has 3 aromatic carbocycles. The second-order valence-electron chi connectivity index (χ2n) is 8.73. The van der Waals surface area contributed by atoms with Crippen molar-refractivity contribution in [3.8, 4) is 5.75 Å². The van der Waals surface area contributed by atoms with Crippen molar-refractivity contribution < 1.29 is 23.9 Å². The molecule has 196 valence electrons. The maximum Gasteiger partial charge on any atom is 0.261 e. The number of amides is 4. The monoisotopic (exact) mass is 531 g/mol. The SMILES string of the molecule is COc1ccc(NC(=O)CSc2ccccc2NC(=O)CCCCCN2C(=O)c3ccccc3C2=O)cc1. The van der Waals surface area contributed by atoms with Gasteiger partial charge in [0.25, 0.3) is 11.8 Å². The number of anilines is 2. The number of imide groups is 1. The first kappa shape index (κ1) is 26.9. The van der Waals surface area contributed by atoms with Crippen LogP contribution in [0.25, 0.3) is 0 Å². The molecule has 4 rings (SSSR count). The number of nitrogens with one attached hydrogen (secondary N) is 2. The highest BCUT2D eigenvalue weighted by Crippen LogP contribution is 2.28. The predicted molar refractivity (Wildman–Crippen MR) is 148 cm³/mol. The Balaban J connectivity index is 1.18. The Morgan fingerprint density at radius 1 is 0.789 bits per heavy atom. The average molecular weight is 532 g/mol. The van der Waals surface area contributed by atoms with E-state index in [1.807, 2.05) is 24.3 Å². The largest absolute Gasteiger partial charge is 0.497 e. The Morgan fingerprint density at radius 3 is 2.13 bits per heavy atom. The van der Waals surface area contributed by atoms with Crippen molar-refractivity contribution in [2.45, 2.75) is 30.6 Å². The van der Waals surface area contributed by atoms with E-state index in [4.69, 9.17) is 4.74 Å². The zero-order valence-corrected chi connectivity index (χ0v) is 21.9. The van der Waals surface area contributed by atoms with E-state index >= 15 is 0 Å². The maximum atomic E-state index is 12.5. The number of benzene rings is 3. The van der Waals surface area contributed by atoms with Gasteiger partial charge >= 0.3 is 0 Å². The van der Waals surface area contributed by atoms with Crippen LogP contribution < -0.4 is 15.4 Å². The van der Waals surface area contributed by atoms with Crippen LogP contribution in [0.2, 0.25) is 0 Å². The van der Waals surface area contributed by atoms with Crippen LogP contribution in [0.3, 0.4) is 0 Å². The van der Waals surface area contributed by atoms with Gasteiger partial charge in [-0.1, -0.05) is 30.7 Å². The lowest BCUT2D eigenvalue weighted by Crippen LogP contribution is -2.30. The predicted octanol–water partition coefficient (Wildman–Crippen LogP) is 5.22. The quantitative estimate of drug-likeness (QED) is 0.189. The molecule has 2 N–H and O–H groups in total. The van der Waals surface area contributed by atoms with E-state index in [0.717, 1.165) is 4.90 Å². The molecule has 1 heterocycles. The van der Waals surface area contributed by atoms with Crippen molar-refractivity contribution >= 4 is 46.8 Å². The van der Waals surface area contributed by atoms with Gasteiger partial charge in [-0.25, -0.2) is 0 Å². The summed E-state index contributed by atoms with van der Waals surface area (Å²) in [6.07, 6.45) is 2.30. The minimum Gasteiger partial charge on any atom is -0.497 e. The molecule has 38 heavy (non-hydrogen) atoms. The van der Waals surface area contributed by atoms with Crippen LogP contribution in [0.1, 0.15) is 46.4 Å². The molecule has 0 unspecified atom stereocenters. The number of rotatable bonds is 12. The number of nitrogens with zero attached hydrogens (tertiary/aromatic N) is 1. The molecule has 1 aliphatic rings. The van der Waals surface area contributed by atoms with Gasteiger partial charge in [-0.3, -0.25) is 24.1 Å². The van der Waals surface area contributed by atoms with Crippen LogP contribution in [0.5, 0.6) is 5.75 Å². The van der Waals surface area contributed by atoms with Gasteiger partial charge in [0.2, 0.25) is 11.8 Å². The fourth-order valence-electron chi connectivity index (χ4n) is 4.10. The van der Waals surface area contributed by atoms with Gasteiger partial charge in [0.1, 0.15) is 5.75 Å². The molecular formula is C29H29N3O5S. The summed E-state index contributed by atoms with van der Waals surface area (Å²) in [6, 6.07) is 21.3. The van der Waals surface area contributed by atoms with Gasteiger partial charge in [0.05, 0.1) is 29.7 Å². The number of methoxy groups -OCH3 is 1. The highest BCUT2D eigenvalue weighted by molar-refractivity contribution is 8.00. The van der Waals surface area contributed by atoms with Crippen molar-refractivity contribution in [1.82, 2.24) is 4.90 Å². The first-order valence-corrected chi connectivity index (χ1v) is 13.4. The Morgan fingerprint density at radius 2 is 1.45 bits per heavy atom. The van der Waals surface area contributed by atoms with Crippen molar-refractivity contribution in [3.63, 3.8) is 0 Å². The minimum absolute atomic E-state index is 0.124. The summed E-state index contributed by atoms with van der Waals surface area (Å²) in [7, 11) is 1.59. The van der Waals surface area contributed by atoms with Gasteiger partial charge in [0.15, 0.2) is 0 Å². The van der Waals surface area contributed by atoms with Gasteiger partial charge < -0.3 is 15.4 Å². The van der Waals surface area contributed by atoms with Gasteiger partial charge in [-0.15, -0.1) is 11.8 Å². The molecule has 0 aliphatic carbocycles. The number of ether oxygens (including phenoxy) is 1. The van der Waals surface area contributed by atoms with Gasteiger partial charge in [-0.2, -0.15) is 0 Å². The number of thioether (sulfide) groups is 1. The number of fused-ring (bicyclic) bond motifs is 1. The van der Waals surface area contributed by atoms with E-state index < -0.39 is 0 Å². The Bertz CT molecular complexity index is 1290. The summed E-state index contributed by atoms with van der Waals surface area (Å²) < 4.78 is 5.12. The zero-order chi connectivity index (χ0) is 26.9. The van der Waals surface area contributed by atoms with Crippen molar-refractivity contribution in [2.24, 2.45) is 0 Å². The lowest BCUT2D eigenvalue weighted by atomic mass is 10.1. The molecule has 0 saturated carbocycles. The number of hydrogen-bond donors (Lipinski definition) is 2. The van der Waals surface area contributed by atoms with Gasteiger partial charge in [-0.05, 0) is 61.4 Å². The van der Waals surface area contributed by atoms with Crippen molar-refractivity contribution in [2.75, 3.05) is 30.0 Å². The summed E-state index contributed by atoms with van der Waals surface area (Å²) in [5.74, 6) is 0.118. The van der Waals surface area contributed by atoms with Crippen LogP contribution in [0.15, 0.2) is 77.7 Å².